The molecule has 2 N–H and O–H groups in total. The van der Waals surface area contributed by atoms with Crippen molar-refractivity contribution in [2.75, 3.05) is 0 Å². The Balaban J connectivity index is 1.20. The van der Waals surface area contributed by atoms with Crippen LogP contribution in [0.25, 0.3) is 32.7 Å². The zero-order valence-electron chi connectivity index (χ0n) is 20.5. The number of hydrogen-bond donors (Lipinski definition) is 2. The molecular formula is C34H24N2O2. The van der Waals surface area contributed by atoms with Gasteiger partial charge >= 0.3 is 0 Å². The smallest absolute Gasteiger partial charge is 0.124 e. The maximum atomic E-state index is 10.4. The summed E-state index contributed by atoms with van der Waals surface area (Å²) in [6.07, 6.45) is 3.43. The molecule has 0 aliphatic rings. The van der Waals surface area contributed by atoms with E-state index in [2.05, 4.69) is 9.98 Å². The molecule has 0 radical (unpaired) electrons. The van der Waals surface area contributed by atoms with Crippen LogP contribution in [0.3, 0.4) is 0 Å². The van der Waals surface area contributed by atoms with Gasteiger partial charge in [-0.2, -0.15) is 0 Å². The molecule has 0 saturated carbocycles. The summed E-state index contributed by atoms with van der Waals surface area (Å²) in [6, 6.07) is 39.1. The van der Waals surface area contributed by atoms with Gasteiger partial charge in [-0.3, -0.25) is 9.98 Å². The fourth-order valence-corrected chi connectivity index (χ4v) is 4.60. The molecule has 0 aromatic heterocycles. The highest BCUT2D eigenvalue weighted by atomic mass is 16.3. The lowest BCUT2D eigenvalue weighted by molar-refractivity contribution is 0.475. The van der Waals surface area contributed by atoms with Gasteiger partial charge in [0.15, 0.2) is 0 Å². The fraction of sp³-hybridized carbons (Fsp3) is 0. The summed E-state index contributed by atoms with van der Waals surface area (Å²) in [5, 5.41) is 24.7. The third-order valence-electron chi connectivity index (χ3n) is 6.65. The first-order valence-electron chi connectivity index (χ1n) is 12.4. The van der Waals surface area contributed by atoms with E-state index in [1.807, 2.05) is 109 Å². The first kappa shape index (κ1) is 23.2. The van der Waals surface area contributed by atoms with Crippen molar-refractivity contribution in [1.29, 1.82) is 0 Å². The van der Waals surface area contributed by atoms with Crippen LogP contribution in [0.15, 0.2) is 131 Å². The lowest BCUT2D eigenvalue weighted by Crippen LogP contribution is -1.86. The van der Waals surface area contributed by atoms with Crippen LogP contribution >= 0.6 is 0 Å². The van der Waals surface area contributed by atoms with Gasteiger partial charge in [0.2, 0.25) is 0 Å². The number of benzene rings is 6. The predicted molar refractivity (Wildman–Crippen MR) is 158 cm³/mol. The van der Waals surface area contributed by atoms with Crippen LogP contribution in [-0.2, 0) is 0 Å². The van der Waals surface area contributed by atoms with Gasteiger partial charge in [0.1, 0.15) is 11.5 Å². The standard InChI is InChI=1S/C34H24N2O2/c37-33-19-13-25-5-1-3-7-29(25)31(33)21-35-27-15-9-23(10-16-27)24-11-17-28(18-12-24)36-22-32-30-8-4-2-6-26(30)14-20-34(32)38/h1-22,37-38H. The molecule has 0 amide bonds. The van der Waals surface area contributed by atoms with Crippen molar-refractivity contribution in [3.8, 4) is 22.6 Å². The van der Waals surface area contributed by atoms with E-state index in [1.165, 1.54) is 0 Å². The first-order chi connectivity index (χ1) is 18.7. The largest absolute Gasteiger partial charge is 0.507 e. The SMILES string of the molecule is Oc1ccc2ccccc2c1C=Nc1ccc(-c2ccc(N=Cc3c(O)ccc4ccccc34)cc2)cc1. The number of aliphatic imine (C=N–C) groups is 2. The third kappa shape index (κ3) is 4.63. The van der Waals surface area contributed by atoms with Gasteiger partial charge in [-0.25, -0.2) is 0 Å². The minimum absolute atomic E-state index is 0.211. The molecule has 0 unspecified atom stereocenters. The maximum absolute atomic E-state index is 10.4. The lowest BCUT2D eigenvalue weighted by atomic mass is 10.0. The van der Waals surface area contributed by atoms with Crippen molar-refractivity contribution in [3.05, 3.63) is 132 Å². The molecule has 0 atom stereocenters. The van der Waals surface area contributed by atoms with Gasteiger partial charge in [0.05, 0.1) is 11.4 Å². The summed E-state index contributed by atoms with van der Waals surface area (Å²) >= 11 is 0. The van der Waals surface area contributed by atoms with Gasteiger partial charge in [-0.1, -0.05) is 84.9 Å². The number of rotatable bonds is 5. The summed E-state index contributed by atoms with van der Waals surface area (Å²) in [5.74, 6) is 0.421. The molecule has 4 nitrogen and oxygen atoms in total. The van der Waals surface area contributed by atoms with Gasteiger partial charge in [-0.05, 0) is 69.1 Å². The molecule has 38 heavy (non-hydrogen) atoms. The molecule has 6 aromatic rings. The highest BCUT2D eigenvalue weighted by molar-refractivity contribution is 6.04. The van der Waals surface area contributed by atoms with Crippen LogP contribution in [0, 0.1) is 0 Å². The van der Waals surface area contributed by atoms with E-state index < -0.39 is 0 Å². The van der Waals surface area contributed by atoms with Crippen LogP contribution in [0.4, 0.5) is 11.4 Å². The maximum Gasteiger partial charge on any atom is 0.124 e. The Kier molecular flexibility index (Phi) is 6.12. The van der Waals surface area contributed by atoms with Crippen LogP contribution in [0.1, 0.15) is 11.1 Å². The highest BCUT2D eigenvalue weighted by Crippen LogP contribution is 2.29. The Morgan fingerprint density at radius 3 is 1.24 bits per heavy atom. The number of aromatic hydroxyl groups is 2. The molecule has 0 bridgehead atoms. The summed E-state index contributed by atoms with van der Waals surface area (Å²) in [6.45, 7) is 0. The summed E-state index contributed by atoms with van der Waals surface area (Å²) in [7, 11) is 0. The Labute approximate surface area is 220 Å². The van der Waals surface area contributed by atoms with Crippen LogP contribution in [-0.4, -0.2) is 22.6 Å². The van der Waals surface area contributed by atoms with Crippen molar-refractivity contribution < 1.29 is 10.2 Å². The van der Waals surface area contributed by atoms with Crippen molar-refractivity contribution in [2.45, 2.75) is 0 Å². The van der Waals surface area contributed by atoms with Crippen LogP contribution in [0.2, 0.25) is 0 Å². The topological polar surface area (TPSA) is 65.2 Å². The molecule has 6 rings (SSSR count). The van der Waals surface area contributed by atoms with Gasteiger partial charge < -0.3 is 10.2 Å². The number of phenols is 2. The van der Waals surface area contributed by atoms with Crippen molar-refractivity contribution in [3.63, 3.8) is 0 Å². The van der Waals surface area contributed by atoms with E-state index in [4.69, 9.17) is 0 Å². The van der Waals surface area contributed by atoms with E-state index in [1.54, 1.807) is 24.6 Å². The van der Waals surface area contributed by atoms with E-state index in [9.17, 15) is 10.2 Å². The molecular weight excluding hydrogens is 468 g/mol. The molecule has 0 aliphatic heterocycles. The van der Waals surface area contributed by atoms with Gasteiger partial charge in [-0.15, -0.1) is 0 Å². The summed E-state index contributed by atoms with van der Waals surface area (Å²) in [5.41, 5.74) is 5.16. The molecule has 0 spiro atoms. The van der Waals surface area contributed by atoms with Crippen molar-refractivity contribution >= 4 is 45.3 Å². The molecule has 0 heterocycles. The minimum Gasteiger partial charge on any atom is -0.507 e. The molecule has 0 saturated heterocycles. The normalized spacial score (nSPS) is 11.7. The zero-order valence-corrected chi connectivity index (χ0v) is 20.5. The minimum atomic E-state index is 0.211. The number of hydrogen-bond acceptors (Lipinski definition) is 4. The van der Waals surface area contributed by atoms with Crippen molar-refractivity contribution in [2.24, 2.45) is 9.98 Å². The van der Waals surface area contributed by atoms with E-state index in [0.29, 0.717) is 11.1 Å². The predicted octanol–water partition coefficient (Wildman–Crippen LogP) is 8.57. The van der Waals surface area contributed by atoms with Gasteiger partial charge in [0.25, 0.3) is 0 Å². The molecule has 0 aliphatic carbocycles. The van der Waals surface area contributed by atoms with Crippen LogP contribution < -0.4 is 0 Å². The van der Waals surface area contributed by atoms with E-state index in [0.717, 1.165) is 44.0 Å². The average Bonchev–Trinajstić information content (AvgIpc) is 2.97. The highest BCUT2D eigenvalue weighted by Gasteiger charge is 2.06. The Morgan fingerprint density at radius 1 is 0.421 bits per heavy atom. The average molecular weight is 493 g/mol. The first-order valence-corrected chi connectivity index (χ1v) is 12.4. The monoisotopic (exact) mass is 492 g/mol. The Bertz CT molecular complexity index is 1680. The summed E-state index contributed by atoms with van der Waals surface area (Å²) < 4.78 is 0. The van der Waals surface area contributed by atoms with E-state index >= 15 is 0 Å². The third-order valence-corrected chi connectivity index (χ3v) is 6.65. The fourth-order valence-electron chi connectivity index (χ4n) is 4.60. The number of fused-ring (bicyclic) bond motifs is 2. The second kappa shape index (κ2) is 10.0. The van der Waals surface area contributed by atoms with Crippen LogP contribution in [0.5, 0.6) is 11.5 Å². The quantitative estimate of drug-likeness (QED) is 0.237. The second-order valence-corrected chi connectivity index (χ2v) is 9.05. The Hall–Kier alpha value is -5.22. The number of nitrogens with zero attached hydrogens (tertiary/aromatic N) is 2. The molecule has 4 heteroatoms. The number of phenolic OH excluding ortho intramolecular Hbond substituents is 2. The van der Waals surface area contributed by atoms with E-state index in [-0.39, 0.29) is 11.5 Å². The van der Waals surface area contributed by atoms with Crippen molar-refractivity contribution in [1.82, 2.24) is 0 Å². The Morgan fingerprint density at radius 2 is 0.816 bits per heavy atom. The zero-order chi connectivity index (χ0) is 25.9. The lowest BCUT2D eigenvalue weighted by Gasteiger charge is -2.06. The summed E-state index contributed by atoms with van der Waals surface area (Å²) in [4.78, 5) is 9.19. The molecule has 182 valence electrons. The van der Waals surface area contributed by atoms with Gasteiger partial charge in [0, 0.05) is 23.6 Å². The second-order valence-electron chi connectivity index (χ2n) is 9.05. The molecule has 0 fully saturated rings. The molecule has 6 aromatic carbocycles.